The van der Waals surface area contributed by atoms with Gasteiger partial charge >= 0.3 is 44.9 Å². The molecule has 6 heavy (non-hydrogen) atoms. The van der Waals surface area contributed by atoms with Gasteiger partial charge in [-0.05, 0) is 0 Å². The summed E-state index contributed by atoms with van der Waals surface area (Å²) in [6, 6.07) is 0. The molecular weight excluding hydrogens is 180 g/mol. The first-order valence-electron chi connectivity index (χ1n) is 1.29. The van der Waals surface area contributed by atoms with Gasteiger partial charge in [0.2, 0.25) is 0 Å². The molecule has 0 bridgehead atoms. The van der Waals surface area contributed by atoms with Gasteiger partial charge in [0.15, 0.2) is 0 Å². The summed E-state index contributed by atoms with van der Waals surface area (Å²) in [5, 5.41) is 16.1. The zero-order chi connectivity index (χ0) is 4.99. The molecule has 0 saturated heterocycles. The molecule has 0 aromatic carbocycles. The summed E-state index contributed by atoms with van der Waals surface area (Å²) in [5.41, 5.74) is 0. The first-order chi connectivity index (χ1) is 2.81. The van der Waals surface area contributed by atoms with Crippen LogP contribution in [0.5, 0.6) is 0 Å². The van der Waals surface area contributed by atoms with Gasteiger partial charge in [0.1, 0.15) is 0 Å². The van der Waals surface area contributed by atoms with Crippen LogP contribution >= 0.6 is 0 Å². The fraction of sp³-hybridized carbons (Fsp3) is 1.00. The third-order valence-electron chi connectivity index (χ3n) is 0.227. The molecule has 1 unspecified atom stereocenters. The second-order valence-corrected chi connectivity index (χ2v) is 2.01. The predicted molar refractivity (Wildman–Crippen MR) is 15.3 cm³/mol. The zero-order valence-corrected chi connectivity index (χ0v) is 4.41. The van der Waals surface area contributed by atoms with Crippen LogP contribution < -0.4 is 0 Å². The van der Waals surface area contributed by atoms with Crippen molar-refractivity contribution in [3.05, 3.63) is 0 Å². The van der Waals surface area contributed by atoms with Crippen molar-refractivity contribution in [3.8, 4) is 0 Å². The summed E-state index contributed by atoms with van der Waals surface area (Å²) in [5.74, 6) is 0. The number of hydrogen-bond donors (Lipinski definition) is 3. The van der Waals surface area contributed by atoms with Crippen LogP contribution in [0.2, 0.25) is 0 Å². The normalized spacial score (nSPS) is 15.2. The van der Waals surface area contributed by atoms with E-state index < -0.39 is 24.5 Å². The molecule has 3 N–H and O–H groups in total. The summed E-state index contributed by atoms with van der Waals surface area (Å²) in [7, 11) is 0. The summed E-state index contributed by atoms with van der Waals surface area (Å²) in [6.45, 7) is -0.351. The molecule has 0 fully saturated rings. The molecule has 0 heterocycles. The van der Waals surface area contributed by atoms with Crippen molar-refractivity contribution in [2.24, 2.45) is 0 Å². The average molecular weight is 186 g/mol. The van der Waals surface area contributed by atoms with Gasteiger partial charge in [-0.2, -0.15) is 0 Å². The van der Waals surface area contributed by atoms with Gasteiger partial charge in [0.25, 0.3) is 0 Å². The van der Waals surface area contributed by atoms with E-state index in [1.807, 2.05) is 0 Å². The molecule has 0 radical (unpaired) electrons. The van der Waals surface area contributed by atoms with Crippen molar-refractivity contribution in [2.75, 3.05) is 6.61 Å². The Hall–Kier alpha value is 0.620. The topological polar surface area (TPSA) is 60.7 Å². The van der Waals surface area contributed by atoms with E-state index >= 15 is 0 Å². The van der Waals surface area contributed by atoms with E-state index in [1.54, 1.807) is 0 Å². The number of hydrogen-bond acceptors (Lipinski definition) is 3. The average Bonchev–Trinajstić information content (AvgIpc) is 1.65. The molecule has 0 aliphatic rings. The Morgan fingerprint density at radius 2 is 2.17 bits per heavy atom. The first-order valence-corrected chi connectivity index (χ1v) is 2.81. The minimum absolute atomic E-state index is 0.351. The van der Waals surface area contributed by atoms with E-state index in [0.29, 0.717) is 0 Å². The molecule has 0 aromatic rings. The second kappa shape index (κ2) is 3.80. The molecule has 0 aliphatic heterocycles. The Bertz CT molecular complexity index is 28.0. The Morgan fingerprint density at radius 1 is 1.67 bits per heavy atom. The van der Waals surface area contributed by atoms with Crippen molar-refractivity contribution < 1.29 is 34.0 Å². The summed E-state index contributed by atoms with van der Waals surface area (Å²) in [4.78, 5) is 0. The SMILES string of the molecule is OC[CH](O)[Ag][OH]. The molecule has 0 spiro atoms. The molecule has 3 nitrogen and oxygen atoms in total. The molecule has 0 saturated carbocycles. The van der Waals surface area contributed by atoms with Crippen LogP contribution in [-0.4, -0.2) is 24.8 Å². The maximum atomic E-state index is 8.18. The maximum absolute atomic E-state index is 8.18. The van der Waals surface area contributed by atoms with E-state index in [4.69, 9.17) is 13.8 Å². The standard InChI is InChI=1S/C2H5O2.Ag.H2O/c3-1-2-4;;/h1,3-4H,2H2;;1H2/q;+1;/p-1. The van der Waals surface area contributed by atoms with Gasteiger partial charge in [-0.25, -0.2) is 0 Å². The van der Waals surface area contributed by atoms with E-state index in [-0.39, 0.29) is 6.61 Å². The van der Waals surface area contributed by atoms with Crippen LogP contribution in [0.4, 0.5) is 0 Å². The van der Waals surface area contributed by atoms with E-state index in [2.05, 4.69) is 0 Å². The monoisotopic (exact) mass is 185 g/mol. The fourth-order valence-corrected chi connectivity index (χ4v) is 0.146. The molecule has 0 rings (SSSR count). The zero-order valence-electron chi connectivity index (χ0n) is 2.93. The van der Waals surface area contributed by atoms with Crippen molar-refractivity contribution in [1.29, 1.82) is 0 Å². The molecule has 0 amide bonds. The van der Waals surface area contributed by atoms with Crippen molar-refractivity contribution in [1.82, 2.24) is 0 Å². The molecule has 1 atom stereocenters. The fourth-order valence-electron chi connectivity index (χ4n) is 0.0246. The minimum atomic E-state index is -0.924. The summed E-state index contributed by atoms with van der Waals surface area (Å²) >= 11 is -0.579. The van der Waals surface area contributed by atoms with E-state index in [0.717, 1.165) is 0 Å². The van der Waals surface area contributed by atoms with E-state index in [1.165, 1.54) is 0 Å². The molecule has 0 aromatic heterocycles. The van der Waals surface area contributed by atoms with E-state index in [9.17, 15) is 0 Å². The Kier molecular flexibility index (Phi) is 4.19. The van der Waals surface area contributed by atoms with Crippen molar-refractivity contribution in [2.45, 2.75) is 4.32 Å². The first kappa shape index (κ1) is 6.62. The summed E-state index contributed by atoms with van der Waals surface area (Å²) < 4.78 is 7.03. The van der Waals surface area contributed by atoms with Crippen LogP contribution in [0.3, 0.4) is 0 Å². The number of aliphatic hydroxyl groups excluding tert-OH is 2. The summed E-state index contributed by atoms with van der Waals surface area (Å²) in [6.07, 6.45) is 0. The Morgan fingerprint density at radius 3 is 2.17 bits per heavy atom. The van der Waals surface area contributed by atoms with Gasteiger partial charge in [-0.1, -0.05) is 0 Å². The van der Waals surface area contributed by atoms with Gasteiger partial charge in [-0.3, -0.25) is 0 Å². The third kappa shape index (κ3) is 2.84. The van der Waals surface area contributed by atoms with Gasteiger partial charge in [0, 0.05) is 0 Å². The molecular formula is C2H6AgO3. The van der Waals surface area contributed by atoms with Gasteiger partial charge in [-0.15, -0.1) is 0 Å². The van der Waals surface area contributed by atoms with Crippen molar-refractivity contribution in [3.63, 3.8) is 0 Å². The van der Waals surface area contributed by atoms with Gasteiger partial charge in [0.05, 0.1) is 0 Å². The van der Waals surface area contributed by atoms with Crippen LogP contribution in [0, 0.1) is 0 Å². The predicted octanol–water partition coefficient (Wildman–Crippen LogP) is -1.71. The van der Waals surface area contributed by atoms with Crippen LogP contribution in [-0.2, 0) is 20.2 Å². The number of rotatable bonds is 2. The Labute approximate surface area is 45.4 Å². The molecule has 0 aliphatic carbocycles. The quantitative estimate of drug-likeness (QED) is 0.450. The van der Waals surface area contributed by atoms with Gasteiger partial charge < -0.3 is 0 Å². The van der Waals surface area contributed by atoms with Crippen LogP contribution in [0.1, 0.15) is 0 Å². The molecule has 43 valence electrons. The Balaban J connectivity index is 2.75. The van der Waals surface area contributed by atoms with Crippen LogP contribution in [0.25, 0.3) is 0 Å². The number of aliphatic hydroxyl groups is 2. The molecule has 4 heteroatoms. The second-order valence-electron chi connectivity index (χ2n) is 0.644. The van der Waals surface area contributed by atoms with Crippen LogP contribution in [0.15, 0.2) is 0 Å². The van der Waals surface area contributed by atoms with Crippen molar-refractivity contribution >= 4 is 0 Å². The third-order valence-corrected chi connectivity index (χ3v) is 0.939.